The van der Waals surface area contributed by atoms with Crippen molar-refractivity contribution in [2.45, 2.75) is 44.6 Å². The van der Waals surface area contributed by atoms with Gasteiger partial charge in [-0.05, 0) is 49.5 Å². The molecule has 2 fully saturated rings. The fraction of sp³-hybridized carbons (Fsp3) is 0.611. The highest BCUT2D eigenvalue weighted by Gasteiger charge is 2.40. The Bertz CT molecular complexity index is 501. The van der Waals surface area contributed by atoms with Gasteiger partial charge in [-0.1, -0.05) is 36.8 Å². The maximum absolute atomic E-state index is 12.5. The molecule has 1 aromatic rings. The first-order valence-corrected chi connectivity index (χ1v) is 8.17. The summed E-state index contributed by atoms with van der Waals surface area (Å²) in [4.78, 5) is 12.5. The average Bonchev–Trinajstić information content (AvgIpc) is 3.10. The quantitative estimate of drug-likeness (QED) is 0.874. The van der Waals surface area contributed by atoms with E-state index in [1.807, 2.05) is 37.3 Å². The predicted molar refractivity (Wildman–Crippen MR) is 84.5 cm³/mol. The highest BCUT2D eigenvalue weighted by molar-refractivity contribution is 5.77. The van der Waals surface area contributed by atoms with E-state index in [1.54, 1.807) is 0 Å². The lowest BCUT2D eigenvalue weighted by Crippen LogP contribution is -2.49. The number of hydrogen-bond donors (Lipinski definition) is 2. The molecule has 2 aliphatic rings. The molecule has 0 aliphatic heterocycles. The first-order valence-electron chi connectivity index (χ1n) is 8.17. The van der Waals surface area contributed by atoms with Gasteiger partial charge in [0.1, 0.15) is 0 Å². The van der Waals surface area contributed by atoms with Crippen LogP contribution in [0.1, 0.15) is 44.6 Å². The zero-order chi connectivity index (χ0) is 14.9. The standard InChI is InChI=1S/C18H26N2O/c1-18(12-19,16-5-3-2-4-6-16)20-17(21)11-15-10-13-7-8-14(15)9-13/h2-6,13-15H,7-12,19H2,1H3,(H,20,21). The van der Waals surface area contributed by atoms with Crippen LogP contribution in [0.2, 0.25) is 0 Å². The number of carbonyl (C=O) groups is 1. The summed E-state index contributed by atoms with van der Waals surface area (Å²) in [6.07, 6.45) is 5.99. The molecule has 2 aliphatic carbocycles. The number of nitrogens with two attached hydrogens (primary N) is 1. The molecule has 3 nitrogen and oxygen atoms in total. The van der Waals surface area contributed by atoms with Gasteiger partial charge in [0.2, 0.25) is 5.91 Å². The van der Waals surface area contributed by atoms with E-state index in [0.717, 1.165) is 17.4 Å². The fourth-order valence-electron chi connectivity index (χ4n) is 4.27. The van der Waals surface area contributed by atoms with Crippen molar-refractivity contribution < 1.29 is 4.79 Å². The first kappa shape index (κ1) is 14.6. The van der Waals surface area contributed by atoms with Crippen molar-refractivity contribution in [3.05, 3.63) is 35.9 Å². The molecule has 0 aromatic heterocycles. The number of nitrogens with one attached hydrogen (secondary N) is 1. The highest BCUT2D eigenvalue weighted by atomic mass is 16.1. The largest absolute Gasteiger partial charge is 0.346 e. The lowest BCUT2D eigenvalue weighted by molar-refractivity contribution is -0.124. The van der Waals surface area contributed by atoms with Gasteiger partial charge < -0.3 is 11.1 Å². The van der Waals surface area contributed by atoms with E-state index in [1.165, 1.54) is 25.7 Å². The van der Waals surface area contributed by atoms with Gasteiger partial charge in [-0.2, -0.15) is 0 Å². The Morgan fingerprint density at radius 2 is 2.05 bits per heavy atom. The minimum Gasteiger partial charge on any atom is -0.346 e. The highest BCUT2D eigenvalue weighted by Crippen LogP contribution is 2.49. The third kappa shape index (κ3) is 2.98. The van der Waals surface area contributed by atoms with Gasteiger partial charge in [0.25, 0.3) is 0 Å². The Balaban J connectivity index is 1.62. The zero-order valence-electron chi connectivity index (χ0n) is 12.8. The molecular formula is C18H26N2O. The van der Waals surface area contributed by atoms with Crippen LogP contribution >= 0.6 is 0 Å². The summed E-state index contributed by atoms with van der Waals surface area (Å²) in [5, 5.41) is 3.18. The monoisotopic (exact) mass is 286 g/mol. The molecule has 0 radical (unpaired) electrons. The summed E-state index contributed by atoms with van der Waals surface area (Å²) in [7, 11) is 0. The Morgan fingerprint density at radius 3 is 2.62 bits per heavy atom. The summed E-state index contributed by atoms with van der Waals surface area (Å²) in [5.41, 5.74) is 6.56. The third-order valence-corrected chi connectivity index (χ3v) is 5.57. The molecule has 1 amide bonds. The molecule has 2 saturated carbocycles. The van der Waals surface area contributed by atoms with Crippen LogP contribution in [0.25, 0.3) is 0 Å². The van der Waals surface area contributed by atoms with Crippen LogP contribution in [0.5, 0.6) is 0 Å². The van der Waals surface area contributed by atoms with Crippen LogP contribution < -0.4 is 11.1 Å². The molecule has 0 heterocycles. The van der Waals surface area contributed by atoms with Gasteiger partial charge in [0, 0.05) is 13.0 Å². The fourth-order valence-corrected chi connectivity index (χ4v) is 4.27. The summed E-state index contributed by atoms with van der Waals surface area (Å²) in [6.45, 7) is 2.43. The third-order valence-electron chi connectivity index (χ3n) is 5.57. The van der Waals surface area contributed by atoms with E-state index in [4.69, 9.17) is 5.73 Å². The SMILES string of the molecule is CC(CN)(NC(=O)CC1CC2CCC1C2)c1ccccc1. The van der Waals surface area contributed by atoms with Gasteiger partial charge in [-0.25, -0.2) is 0 Å². The second-order valence-corrected chi connectivity index (χ2v) is 7.09. The smallest absolute Gasteiger partial charge is 0.221 e. The van der Waals surface area contributed by atoms with Crippen LogP contribution in [0.4, 0.5) is 0 Å². The number of rotatable bonds is 5. The van der Waals surface area contributed by atoms with Crippen LogP contribution in [-0.2, 0) is 10.3 Å². The number of carbonyl (C=O) groups excluding carboxylic acids is 1. The number of hydrogen-bond acceptors (Lipinski definition) is 2. The maximum Gasteiger partial charge on any atom is 0.221 e. The Kier molecular flexibility index (Phi) is 4.03. The van der Waals surface area contributed by atoms with Gasteiger partial charge in [0.05, 0.1) is 5.54 Å². The first-order chi connectivity index (χ1) is 10.1. The molecule has 4 unspecified atom stereocenters. The summed E-state index contributed by atoms with van der Waals surface area (Å²) < 4.78 is 0. The second-order valence-electron chi connectivity index (χ2n) is 7.09. The van der Waals surface area contributed by atoms with Crippen LogP contribution in [0, 0.1) is 17.8 Å². The van der Waals surface area contributed by atoms with Crippen molar-refractivity contribution in [1.29, 1.82) is 0 Å². The van der Waals surface area contributed by atoms with Gasteiger partial charge in [-0.3, -0.25) is 4.79 Å². The number of fused-ring (bicyclic) bond motifs is 2. The zero-order valence-corrected chi connectivity index (χ0v) is 12.8. The van der Waals surface area contributed by atoms with E-state index in [9.17, 15) is 4.79 Å². The van der Waals surface area contributed by atoms with Crippen molar-refractivity contribution in [1.82, 2.24) is 5.32 Å². The van der Waals surface area contributed by atoms with Crippen molar-refractivity contribution >= 4 is 5.91 Å². The van der Waals surface area contributed by atoms with Crippen LogP contribution in [0.3, 0.4) is 0 Å². The topological polar surface area (TPSA) is 55.1 Å². The molecular weight excluding hydrogens is 260 g/mol. The van der Waals surface area contributed by atoms with Crippen molar-refractivity contribution in [3.63, 3.8) is 0 Å². The molecule has 21 heavy (non-hydrogen) atoms. The average molecular weight is 286 g/mol. The van der Waals surface area contributed by atoms with E-state index in [2.05, 4.69) is 5.32 Å². The van der Waals surface area contributed by atoms with E-state index in [-0.39, 0.29) is 5.91 Å². The molecule has 3 N–H and O–H groups in total. The number of benzene rings is 1. The van der Waals surface area contributed by atoms with Gasteiger partial charge in [0.15, 0.2) is 0 Å². The molecule has 114 valence electrons. The van der Waals surface area contributed by atoms with Crippen LogP contribution in [-0.4, -0.2) is 12.5 Å². The lowest BCUT2D eigenvalue weighted by atomic mass is 9.85. The Labute approximate surface area is 127 Å². The normalized spacial score (nSPS) is 30.1. The van der Waals surface area contributed by atoms with Gasteiger partial charge >= 0.3 is 0 Å². The van der Waals surface area contributed by atoms with E-state index in [0.29, 0.717) is 18.9 Å². The minimum absolute atomic E-state index is 0.157. The predicted octanol–water partition coefficient (Wildman–Crippen LogP) is 2.80. The van der Waals surface area contributed by atoms with Crippen molar-refractivity contribution in [2.75, 3.05) is 6.54 Å². The van der Waals surface area contributed by atoms with Crippen LogP contribution in [0.15, 0.2) is 30.3 Å². The van der Waals surface area contributed by atoms with E-state index >= 15 is 0 Å². The maximum atomic E-state index is 12.5. The minimum atomic E-state index is -0.462. The molecule has 0 spiro atoms. The molecule has 1 aromatic carbocycles. The van der Waals surface area contributed by atoms with Crippen molar-refractivity contribution in [2.24, 2.45) is 23.5 Å². The summed E-state index contributed by atoms with van der Waals surface area (Å²) in [6, 6.07) is 10.0. The van der Waals surface area contributed by atoms with Gasteiger partial charge in [-0.15, -0.1) is 0 Å². The second kappa shape index (κ2) is 5.80. The van der Waals surface area contributed by atoms with E-state index < -0.39 is 5.54 Å². The summed E-state index contributed by atoms with van der Waals surface area (Å²) >= 11 is 0. The molecule has 2 bridgehead atoms. The molecule has 0 saturated heterocycles. The summed E-state index contributed by atoms with van der Waals surface area (Å²) in [5.74, 6) is 2.44. The Hall–Kier alpha value is -1.35. The molecule has 4 atom stereocenters. The molecule has 3 rings (SSSR count). The van der Waals surface area contributed by atoms with Crippen molar-refractivity contribution in [3.8, 4) is 0 Å². The lowest BCUT2D eigenvalue weighted by Gasteiger charge is -2.31. The molecule has 3 heteroatoms. The Morgan fingerprint density at radius 1 is 1.29 bits per heavy atom. The number of amides is 1.